The number of ether oxygens (including phenoxy) is 2. The number of hydrogen-bond acceptors (Lipinski definition) is 5. The molecule has 0 spiro atoms. The minimum Gasteiger partial charge on any atom is -0.486 e. The highest BCUT2D eigenvalue weighted by Crippen LogP contribution is 2.31. The molecule has 1 fully saturated rings. The van der Waals surface area contributed by atoms with Crippen molar-refractivity contribution >= 4 is 11.9 Å². The van der Waals surface area contributed by atoms with E-state index in [0.29, 0.717) is 43.4 Å². The first-order chi connectivity index (χ1) is 10.1. The summed E-state index contributed by atoms with van der Waals surface area (Å²) in [5, 5.41) is 11.9. The van der Waals surface area contributed by atoms with Crippen molar-refractivity contribution in [2.45, 2.75) is 6.04 Å². The van der Waals surface area contributed by atoms with Crippen LogP contribution in [0.4, 0.5) is 0 Å². The Balaban J connectivity index is 1.77. The number of nitrogens with one attached hydrogen (secondary N) is 1. The summed E-state index contributed by atoms with van der Waals surface area (Å²) in [6.45, 7) is 2.06. The van der Waals surface area contributed by atoms with Gasteiger partial charge in [-0.15, -0.1) is 0 Å². The van der Waals surface area contributed by atoms with E-state index in [4.69, 9.17) is 14.6 Å². The van der Waals surface area contributed by atoms with Crippen LogP contribution in [0.25, 0.3) is 0 Å². The summed E-state index contributed by atoms with van der Waals surface area (Å²) < 4.78 is 10.9. The number of hydrogen-bond donors (Lipinski definition) is 2. The summed E-state index contributed by atoms with van der Waals surface area (Å²) in [7, 11) is 0. The highest BCUT2D eigenvalue weighted by atomic mass is 16.6. The van der Waals surface area contributed by atoms with Crippen molar-refractivity contribution < 1.29 is 24.2 Å². The minimum atomic E-state index is -0.949. The third-order valence-corrected chi connectivity index (χ3v) is 3.55. The standard InChI is InChI=1S/C14H16N2O5/c17-13(16-4-3-15-10(8-16)14(18)19)9-1-2-11-12(7-9)21-6-5-20-11/h1-2,7,10,15H,3-6,8H2,(H,18,19)/t10-/m0/s1. The van der Waals surface area contributed by atoms with Crippen molar-refractivity contribution in [2.24, 2.45) is 0 Å². The number of rotatable bonds is 2. The molecule has 1 amide bonds. The molecule has 0 saturated carbocycles. The van der Waals surface area contributed by atoms with Gasteiger partial charge in [0.2, 0.25) is 0 Å². The summed E-state index contributed by atoms with van der Waals surface area (Å²) in [6, 6.07) is 4.31. The van der Waals surface area contributed by atoms with Crippen LogP contribution in [-0.4, -0.2) is 60.8 Å². The Labute approximate surface area is 121 Å². The Morgan fingerprint density at radius 2 is 2.00 bits per heavy atom. The molecular formula is C14H16N2O5. The quantitative estimate of drug-likeness (QED) is 0.795. The number of carbonyl (C=O) groups excluding carboxylic acids is 1. The lowest BCUT2D eigenvalue weighted by molar-refractivity contribution is -0.140. The van der Waals surface area contributed by atoms with Crippen LogP contribution in [-0.2, 0) is 4.79 Å². The van der Waals surface area contributed by atoms with Gasteiger partial charge >= 0.3 is 5.97 Å². The number of fused-ring (bicyclic) bond motifs is 1. The van der Waals surface area contributed by atoms with Gasteiger partial charge < -0.3 is 24.8 Å². The van der Waals surface area contributed by atoms with Crippen LogP contribution in [0.15, 0.2) is 18.2 Å². The van der Waals surface area contributed by atoms with Crippen LogP contribution in [0.1, 0.15) is 10.4 Å². The van der Waals surface area contributed by atoms with Gasteiger partial charge in [-0.1, -0.05) is 0 Å². The first-order valence-electron chi connectivity index (χ1n) is 6.80. The van der Waals surface area contributed by atoms with Gasteiger partial charge in [0.15, 0.2) is 11.5 Å². The van der Waals surface area contributed by atoms with E-state index in [-0.39, 0.29) is 12.5 Å². The van der Waals surface area contributed by atoms with Gasteiger partial charge in [0.1, 0.15) is 19.3 Å². The van der Waals surface area contributed by atoms with E-state index in [2.05, 4.69) is 5.32 Å². The zero-order valence-corrected chi connectivity index (χ0v) is 11.4. The SMILES string of the molecule is O=C(O)[C@@H]1CN(C(=O)c2ccc3c(c2)OCCO3)CCN1. The van der Waals surface area contributed by atoms with Crippen molar-refractivity contribution in [3.8, 4) is 11.5 Å². The van der Waals surface area contributed by atoms with Crippen LogP contribution >= 0.6 is 0 Å². The third-order valence-electron chi connectivity index (χ3n) is 3.55. The second-order valence-electron chi connectivity index (χ2n) is 4.95. The van der Waals surface area contributed by atoms with Gasteiger partial charge in [0.25, 0.3) is 5.91 Å². The van der Waals surface area contributed by atoms with Crippen molar-refractivity contribution in [3.63, 3.8) is 0 Å². The first kappa shape index (κ1) is 13.7. The number of carbonyl (C=O) groups is 2. The van der Waals surface area contributed by atoms with Crippen molar-refractivity contribution in [3.05, 3.63) is 23.8 Å². The Morgan fingerprint density at radius 3 is 2.76 bits per heavy atom. The van der Waals surface area contributed by atoms with E-state index in [1.807, 2.05) is 0 Å². The van der Waals surface area contributed by atoms with Crippen molar-refractivity contribution in [1.29, 1.82) is 0 Å². The summed E-state index contributed by atoms with van der Waals surface area (Å²) in [4.78, 5) is 25.0. The average molecular weight is 292 g/mol. The summed E-state index contributed by atoms with van der Waals surface area (Å²) in [5.41, 5.74) is 0.477. The molecule has 2 aliphatic heterocycles. The molecule has 0 unspecified atom stereocenters. The van der Waals surface area contributed by atoms with Crippen LogP contribution < -0.4 is 14.8 Å². The zero-order valence-electron chi connectivity index (χ0n) is 11.4. The van der Waals surface area contributed by atoms with E-state index in [9.17, 15) is 9.59 Å². The van der Waals surface area contributed by atoms with E-state index in [1.54, 1.807) is 23.1 Å². The number of amides is 1. The molecular weight excluding hydrogens is 276 g/mol. The molecule has 1 saturated heterocycles. The van der Waals surface area contributed by atoms with Gasteiger partial charge in [0.05, 0.1) is 0 Å². The molecule has 7 nitrogen and oxygen atoms in total. The van der Waals surface area contributed by atoms with Crippen LogP contribution in [0, 0.1) is 0 Å². The molecule has 1 aromatic rings. The number of piperazine rings is 1. The predicted octanol–water partition coefficient (Wildman–Crippen LogP) is -0.0436. The van der Waals surface area contributed by atoms with Gasteiger partial charge in [0, 0.05) is 25.2 Å². The number of aliphatic carboxylic acids is 1. The fourth-order valence-electron chi connectivity index (χ4n) is 2.46. The maximum absolute atomic E-state index is 12.5. The van der Waals surface area contributed by atoms with Crippen LogP contribution in [0.3, 0.4) is 0 Å². The highest BCUT2D eigenvalue weighted by Gasteiger charge is 2.28. The molecule has 0 aliphatic carbocycles. The molecule has 2 N–H and O–H groups in total. The second-order valence-corrected chi connectivity index (χ2v) is 4.95. The Morgan fingerprint density at radius 1 is 1.24 bits per heavy atom. The van der Waals surface area contributed by atoms with Gasteiger partial charge in [-0.25, -0.2) is 0 Å². The third kappa shape index (κ3) is 2.78. The summed E-state index contributed by atoms with van der Waals surface area (Å²) >= 11 is 0. The molecule has 2 aliphatic rings. The topological polar surface area (TPSA) is 88.1 Å². The lowest BCUT2D eigenvalue weighted by Crippen LogP contribution is -2.55. The van der Waals surface area contributed by atoms with E-state index >= 15 is 0 Å². The van der Waals surface area contributed by atoms with Gasteiger partial charge in [-0.3, -0.25) is 9.59 Å². The fourth-order valence-corrected chi connectivity index (χ4v) is 2.46. The molecule has 1 aromatic carbocycles. The molecule has 0 bridgehead atoms. The van der Waals surface area contributed by atoms with Gasteiger partial charge in [-0.05, 0) is 18.2 Å². The molecule has 0 aromatic heterocycles. The summed E-state index contributed by atoms with van der Waals surface area (Å²) in [5.74, 6) is 0.0351. The highest BCUT2D eigenvalue weighted by molar-refractivity contribution is 5.95. The molecule has 0 radical (unpaired) electrons. The molecule has 3 rings (SSSR count). The number of nitrogens with zero attached hydrogens (tertiary/aromatic N) is 1. The fraction of sp³-hybridized carbons (Fsp3) is 0.429. The molecule has 21 heavy (non-hydrogen) atoms. The minimum absolute atomic E-state index is 0.155. The maximum atomic E-state index is 12.5. The zero-order chi connectivity index (χ0) is 14.8. The average Bonchev–Trinajstić information content (AvgIpc) is 2.53. The van der Waals surface area contributed by atoms with Crippen molar-refractivity contribution in [1.82, 2.24) is 10.2 Å². The molecule has 7 heteroatoms. The monoisotopic (exact) mass is 292 g/mol. The predicted molar refractivity (Wildman–Crippen MR) is 72.8 cm³/mol. The van der Waals surface area contributed by atoms with Crippen LogP contribution in [0.5, 0.6) is 11.5 Å². The first-order valence-corrected chi connectivity index (χ1v) is 6.80. The maximum Gasteiger partial charge on any atom is 0.322 e. The van der Waals surface area contributed by atoms with Crippen LogP contribution in [0.2, 0.25) is 0 Å². The van der Waals surface area contributed by atoms with E-state index < -0.39 is 12.0 Å². The molecule has 2 heterocycles. The Hall–Kier alpha value is -2.28. The lowest BCUT2D eigenvalue weighted by atomic mass is 10.1. The Bertz CT molecular complexity index is 574. The van der Waals surface area contributed by atoms with E-state index in [0.717, 1.165) is 0 Å². The van der Waals surface area contributed by atoms with Crippen molar-refractivity contribution in [2.75, 3.05) is 32.8 Å². The second kappa shape index (κ2) is 5.61. The largest absolute Gasteiger partial charge is 0.486 e. The molecule has 1 atom stereocenters. The normalized spacial score (nSPS) is 21.0. The number of carboxylic acid groups (broad SMARTS) is 1. The summed E-state index contributed by atoms with van der Waals surface area (Å²) in [6.07, 6.45) is 0. The smallest absolute Gasteiger partial charge is 0.322 e. The number of carboxylic acids is 1. The van der Waals surface area contributed by atoms with Gasteiger partial charge in [-0.2, -0.15) is 0 Å². The Kier molecular flexibility index (Phi) is 3.66. The number of benzene rings is 1. The lowest BCUT2D eigenvalue weighted by Gasteiger charge is -2.31. The van der Waals surface area contributed by atoms with E-state index in [1.165, 1.54) is 0 Å². The molecule has 112 valence electrons.